The van der Waals surface area contributed by atoms with Crippen LogP contribution in [0.3, 0.4) is 0 Å². The Hall–Kier alpha value is -2.00. The van der Waals surface area contributed by atoms with Crippen LogP contribution in [0.15, 0.2) is 12.4 Å². The predicted molar refractivity (Wildman–Crippen MR) is 68.8 cm³/mol. The van der Waals surface area contributed by atoms with Gasteiger partial charge in [0.2, 0.25) is 0 Å². The fourth-order valence-corrected chi connectivity index (χ4v) is 3.02. The third-order valence-electron chi connectivity index (χ3n) is 2.85. The van der Waals surface area contributed by atoms with Crippen molar-refractivity contribution in [3.8, 4) is 6.07 Å². The molecule has 6 heteroatoms. The molecule has 90 valence electrons. The number of nitriles is 1. The standard InChI is InChI=1S/C12H11N5S/c13-5-8-6-15-11(7-14-8)17-12-16-9-3-1-2-4-10(9)18-12/h6-7H,1-4H2,(H,15,16,17). The van der Waals surface area contributed by atoms with Crippen molar-refractivity contribution in [1.82, 2.24) is 15.0 Å². The van der Waals surface area contributed by atoms with E-state index in [2.05, 4.69) is 20.3 Å². The maximum absolute atomic E-state index is 8.65. The van der Waals surface area contributed by atoms with E-state index in [9.17, 15) is 0 Å². The zero-order valence-corrected chi connectivity index (χ0v) is 10.5. The van der Waals surface area contributed by atoms with Gasteiger partial charge in [-0.3, -0.25) is 0 Å². The highest BCUT2D eigenvalue weighted by molar-refractivity contribution is 7.15. The maximum atomic E-state index is 8.65. The fraction of sp³-hybridized carbons (Fsp3) is 0.333. The van der Waals surface area contributed by atoms with Crippen LogP contribution in [0.4, 0.5) is 10.9 Å². The predicted octanol–water partition coefficient (Wildman–Crippen LogP) is 2.43. The van der Waals surface area contributed by atoms with E-state index in [-0.39, 0.29) is 0 Å². The average Bonchev–Trinajstić information content (AvgIpc) is 2.82. The Labute approximate surface area is 109 Å². The van der Waals surface area contributed by atoms with Gasteiger partial charge in [-0.2, -0.15) is 5.26 Å². The average molecular weight is 257 g/mol. The molecule has 5 nitrogen and oxygen atoms in total. The SMILES string of the molecule is N#Cc1cnc(Nc2nc3c(s2)CCCC3)cn1. The summed E-state index contributed by atoms with van der Waals surface area (Å²) in [6.45, 7) is 0. The minimum absolute atomic E-state index is 0.319. The molecule has 0 saturated heterocycles. The summed E-state index contributed by atoms with van der Waals surface area (Å²) in [4.78, 5) is 14.0. The molecule has 1 aliphatic rings. The fourth-order valence-electron chi connectivity index (χ4n) is 1.97. The topological polar surface area (TPSA) is 74.5 Å². The maximum Gasteiger partial charge on any atom is 0.188 e. The minimum atomic E-state index is 0.319. The van der Waals surface area contributed by atoms with Gasteiger partial charge in [0.25, 0.3) is 0 Å². The Balaban J connectivity index is 1.79. The first-order valence-corrected chi connectivity index (χ1v) is 6.64. The van der Waals surface area contributed by atoms with Crippen molar-refractivity contribution < 1.29 is 0 Å². The van der Waals surface area contributed by atoms with Crippen LogP contribution in [-0.4, -0.2) is 15.0 Å². The van der Waals surface area contributed by atoms with Gasteiger partial charge in [-0.15, -0.1) is 11.3 Å². The molecule has 1 aliphatic carbocycles. The molecule has 0 unspecified atom stereocenters. The van der Waals surface area contributed by atoms with Crippen molar-refractivity contribution in [2.45, 2.75) is 25.7 Å². The minimum Gasteiger partial charge on any atom is -0.315 e. The Kier molecular flexibility index (Phi) is 2.90. The van der Waals surface area contributed by atoms with Gasteiger partial charge in [-0.1, -0.05) is 0 Å². The molecule has 0 saturated carbocycles. The number of hydrogen-bond acceptors (Lipinski definition) is 6. The Bertz CT molecular complexity index is 572. The lowest BCUT2D eigenvalue weighted by Crippen LogP contribution is -1.99. The van der Waals surface area contributed by atoms with E-state index in [0.717, 1.165) is 18.0 Å². The van der Waals surface area contributed by atoms with Crippen molar-refractivity contribution in [1.29, 1.82) is 5.26 Å². The molecular weight excluding hydrogens is 246 g/mol. The van der Waals surface area contributed by atoms with E-state index in [1.165, 1.54) is 29.6 Å². The van der Waals surface area contributed by atoms with Crippen LogP contribution < -0.4 is 5.32 Å². The van der Waals surface area contributed by atoms with Gasteiger partial charge >= 0.3 is 0 Å². The first-order chi connectivity index (χ1) is 8.85. The molecule has 2 heterocycles. The lowest BCUT2D eigenvalue weighted by atomic mass is 10.0. The van der Waals surface area contributed by atoms with Crippen LogP contribution in [-0.2, 0) is 12.8 Å². The monoisotopic (exact) mass is 257 g/mol. The number of hydrogen-bond donors (Lipinski definition) is 1. The van der Waals surface area contributed by atoms with Crippen molar-refractivity contribution in [3.05, 3.63) is 28.7 Å². The van der Waals surface area contributed by atoms with E-state index in [1.54, 1.807) is 17.5 Å². The van der Waals surface area contributed by atoms with Gasteiger partial charge in [-0.25, -0.2) is 15.0 Å². The number of fused-ring (bicyclic) bond motifs is 1. The van der Waals surface area contributed by atoms with Gasteiger partial charge in [0, 0.05) is 4.88 Å². The van der Waals surface area contributed by atoms with Crippen LogP contribution in [0.2, 0.25) is 0 Å². The summed E-state index contributed by atoms with van der Waals surface area (Å²) in [6, 6.07) is 1.94. The van der Waals surface area contributed by atoms with E-state index < -0.39 is 0 Å². The number of nitrogens with one attached hydrogen (secondary N) is 1. The molecule has 1 N–H and O–H groups in total. The summed E-state index contributed by atoms with van der Waals surface area (Å²) in [5, 5.41) is 12.6. The Morgan fingerprint density at radius 1 is 1.22 bits per heavy atom. The zero-order valence-electron chi connectivity index (χ0n) is 9.68. The Morgan fingerprint density at radius 2 is 2.11 bits per heavy atom. The van der Waals surface area contributed by atoms with E-state index >= 15 is 0 Å². The molecule has 0 aliphatic heterocycles. The van der Waals surface area contributed by atoms with Crippen LogP contribution in [0, 0.1) is 11.3 Å². The molecule has 2 aromatic rings. The van der Waals surface area contributed by atoms with E-state index in [0.29, 0.717) is 11.5 Å². The normalized spacial score (nSPS) is 13.7. The third-order valence-corrected chi connectivity index (χ3v) is 3.92. The van der Waals surface area contributed by atoms with Gasteiger partial charge < -0.3 is 5.32 Å². The molecule has 0 radical (unpaired) electrons. The van der Waals surface area contributed by atoms with Gasteiger partial charge in [0.05, 0.1) is 18.1 Å². The third kappa shape index (κ3) is 2.17. The smallest absolute Gasteiger partial charge is 0.188 e. The molecule has 2 aromatic heterocycles. The molecular formula is C12H11N5S. The highest BCUT2D eigenvalue weighted by Crippen LogP contribution is 2.30. The molecule has 0 spiro atoms. The van der Waals surface area contributed by atoms with Crippen LogP contribution in [0.5, 0.6) is 0 Å². The van der Waals surface area contributed by atoms with Crippen molar-refractivity contribution in [2.75, 3.05) is 5.32 Å². The second-order valence-corrected chi connectivity index (χ2v) is 5.20. The zero-order chi connectivity index (χ0) is 12.4. The summed E-state index contributed by atoms with van der Waals surface area (Å²) in [7, 11) is 0. The molecule has 0 bridgehead atoms. The van der Waals surface area contributed by atoms with Gasteiger partial charge in [0.1, 0.15) is 6.07 Å². The molecule has 0 amide bonds. The highest BCUT2D eigenvalue weighted by atomic mass is 32.1. The van der Waals surface area contributed by atoms with Gasteiger partial charge in [0.15, 0.2) is 16.6 Å². The number of nitrogens with zero attached hydrogens (tertiary/aromatic N) is 4. The van der Waals surface area contributed by atoms with Crippen molar-refractivity contribution >= 4 is 22.3 Å². The molecule has 0 atom stereocenters. The number of anilines is 2. The molecule has 3 rings (SSSR count). The summed E-state index contributed by atoms with van der Waals surface area (Å²) < 4.78 is 0. The number of aryl methyl sites for hydroxylation is 2. The largest absolute Gasteiger partial charge is 0.315 e. The molecule has 0 fully saturated rings. The quantitative estimate of drug-likeness (QED) is 0.894. The first-order valence-electron chi connectivity index (χ1n) is 5.83. The lowest BCUT2D eigenvalue weighted by molar-refractivity contribution is 0.683. The Morgan fingerprint density at radius 3 is 2.83 bits per heavy atom. The first kappa shape index (κ1) is 11.1. The van der Waals surface area contributed by atoms with Crippen molar-refractivity contribution in [2.24, 2.45) is 0 Å². The number of thiazole rings is 1. The van der Waals surface area contributed by atoms with Gasteiger partial charge in [-0.05, 0) is 25.7 Å². The van der Waals surface area contributed by atoms with E-state index in [4.69, 9.17) is 5.26 Å². The van der Waals surface area contributed by atoms with Crippen LogP contribution in [0.25, 0.3) is 0 Å². The van der Waals surface area contributed by atoms with E-state index in [1.807, 2.05) is 6.07 Å². The number of rotatable bonds is 2. The van der Waals surface area contributed by atoms with Crippen LogP contribution >= 0.6 is 11.3 Å². The van der Waals surface area contributed by atoms with Crippen molar-refractivity contribution in [3.63, 3.8) is 0 Å². The molecule has 18 heavy (non-hydrogen) atoms. The molecule has 0 aromatic carbocycles. The van der Waals surface area contributed by atoms with Crippen LogP contribution in [0.1, 0.15) is 29.1 Å². The second kappa shape index (κ2) is 4.70. The summed E-state index contributed by atoms with van der Waals surface area (Å²) in [5.41, 5.74) is 1.54. The second-order valence-electron chi connectivity index (χ2n) is 4.12. The highest BCUT2D eigenvalue weighted by Gasteiger charge is 2.15. The number of aromatic nitrogens is 3. The summed E-state index contributed by atoms with van der Waals surface area (Å²) >= 11 is 1.69. The summed E-state index contributed by atoms with van der Waals surface area (Å²) in [6.07, 6.45) is 7.70. The summed E-state index contributed by atoms with van der Waals surface area (Å²) in [5.74, 6) is 0.625. The lowest BCUT2D eigenvalue weighted by Gasteiger charge is -2.06.